The number of pyridine rings is 1. The molecular formula is C22H19ClF3N3O6S. The van der Waals surface area contributed by atoms with Crippen molar-refractivity contribution >= 4 is 49.7 Å². The maximum absolute atomic E-state index is 13.2. The molecule has 4 N–H and O–H groups in total. The van der Waals surface area contributed by atoms with E-state index in [4.69, 9.17) is 16.3 Å². The molecule has 0 amide bonds. The number of aliphatic hydroxyl groups excluding tert-OH is 1. The standard InChI is InChI=1S/C22H19ClF3N3O6S/c23-12-2-4-15-13(8-12)17(9-18(29-15)36(33,34)19-10-35-6-5-27-19)28-16-3-1-11(7-14(16)21(31)32)20(30)22(24,25)26/h1-4,7-9,19-20,27,30H,5-6,10H2,(H,28,29)(H,31,32). The topological polar surface area (TPSA) is 138 Å². The molecule has 9 nitrogen and oxygen atoms in total. The third-order valence-corrected chi connectivity index (χ3v) is 7.55. The zero-order valence-electron chi connectivity index (χ0n) is 18.2. The number of ether oxygens (including phenoxy) is 1. The third-order valence-electron chi connectivity index (χ3n) is 5.47. The van der Waals surface area contributed by atoms with Gasteiger partial charge in [-0.05, 0) is 42.0 Å². The quantitative estimate of drug-likeness (QED) is 0.365. The minimum absolute atomic E-state index is 0.0996. The highest BCUT2D eigenvalue weighted by Gasteiger charge is 2.40. The van der Waals surface area contributed by atoms with Crippen molar-refractivity contribution in [2.24, 2.45) is 0 Å². The van der Waals surface area contributed by atoms with Gasteiger partial charge in [0.25, 0.3) is 0 Å². The fourth-order valence-corrected chi connectivity index (χ4v) is 5.25. The first-order valence-electron chi connectivity index (χ1n) is 10.4. The maximum Gasteiger partial charge on any atom is 0.418 e. The van der Waals surface area contributed by atoms with Crippen LogP contribution in [0, 0.1) is 0 Å². The number of rotatable bonds is 6. The summed E-state index contributed by atoms with van der Waals surface area (Å²) in [6.07, 6.45) is -7.88. The number of aliphatic hydroxyl groups is 1. The number of alkyl halides is 3. The second-order valence-corrected chi connectivity index (χ2v) is 10.4. The summed E-state index contributed by atoms with van der Waals surface area (Å²) in [6.45, 7) is 0.563. The smallest absolute Gasteiger partial charge is 0.418 e. The second kappa shape index (κ2) is 9.82. The molecule has 2 unspecified atom stereocenters. The number of carboxylic acid groups (broad SMARTS) is 1. The predicted octanol–water partition coefficient (Wildman–Crippen LogP) is 3.65. The highest BCUT2D eigenvalue weighted by molar-refractivity contribution is 7.92. The zero-order chi connectivity index (χ0) is 26.3. The van der Waals surface area contributed by atoms with Crippen molar-refractivity contribution in [2.75, 3.05) is 25.1 Å². The lowest BCUT2D eigenvalue weighted by atomic mass is 10.0. The van der Waals surface area contributed by atoms with E-state index in [9.17, 15) is 36.6 Å². The van der Waals surface area contributed by atoms with Crippen LogP contribution in [0.1, 0.15) is 22.0 Å². The lowest BCUT2D eigenvalue weighted by Crippen LogP contribution is -2.46. The molecule has 0 radical (unpaired) electrons. The molecular weight excluding hydrogens is 527 g/mol. The normalized spacial score (nSPS) is 17.6. The summed E-state index contributed by atoms with van der Waals surface area (Å²) in [5.41, 5.74) is -1.06. The number of sulfone groups is 1. The summed E-state index contributed by atoms with van der Waals surface area (Å²) < 4.78 is 70.5. The van der Waals surface area contributed by atoms with Crippen molar-refractivity contribution in [1.82, 2.24) is 10.3 Å². The Kier molecular flexibility index (Phi) is 7.12. The molecule has 4 rings (SSSR count). The number of hydrogen-bond acceptors (Lipinski definition) is 8. The number of nitrogens with one attached hydrogen (secondary N) is 2. The van der Waals surface area contributed by atoms with E-state index >= 15 is 0 Å². The Morgan fingerprint density at radius 3 is 2.58 bits per heavy atom. The molecule has 1 aliphatic heterocycles. The van der Waals surface area contributed by atoms with Gasteiger partial charge in [-0.2, -0.15) is 13.2 Å². The first-order valence-corrected chi connectivity index (χ1v) is 12.3. The Morgan fingerprint density at radius 1 is 1.19 bits per heavy atom. The number of aromatic nitrogens is 1. The average molecular weight is 546 g/mol. The summed E-state index contributed by atoms with van der Waals surface area (Å²) in [4.78, 5) is 16.1. The summed E-state index contributed by atoms with van der Waals surface area (Å²) in [7, 11) is -4.03. The molecule has 36 heavy (non-hydrogen) atoms. The van der Waals surface area contributed by atoms with Gasteiger partial charge in [-0.25, -0.2) is 18.2 Å². The average Bonchev–Trinajstić information content (AvgIpc) is 2.83. The molecule has 0 aliphatic carbocycles. The van der Waals surface area contributed by atoms with Crippen molar-refractivity contribution in [3.63, 3.8) is 0 Å². The minimum atomic E-state index is -5.00. The number of anilines is 2. The van der Waals surface area contributed by atoms with E-state index in [1.54, 1.807) is 0 Å². The number of aromatic carboxylic acids is 1. The monoisotopic (exact) mass is 545 g/mol. The van der Waals surface area contributed by atoms with Crippen LogP contribution >= 0.6 is 11.6 Å². The number of halogens is 4. The van der Waals surface area contributed by atoms with E-state index in [-0.39, 0.29) is 33.5 Å². The number of fused-ring (bicyclic) bond motifs is 1. The fourth-order valence-electron chi connectivity index (χ4n) is 3.66. The molecule has 0 spiro atoms. The van der Waals surface area contributed by atoms with Gasteiger partial charge < -0.3 is 20.3 Å². The van der Waals surface area contributed by atoms with Crippen LogP contribution in [0.3, 0.4) is 0 Å². The van der Waals surface area contributed by atoms with Gasteiger partial charge in [-0.3, -0.25) is 5.32 Å². The number of nitrogens with zero attached hydrogens (tertiary/aromatic N) is 1. The maximum atomic E-state index is 13.2. The van der Waals surface area contributed by atoms with Gasteiger partial charge in [0.1, 0.15) is 5.37 Å². The zero-order valence-corrected chi connectivity index (χ0v) is 19.8. The van der Waals surface area contributed by atoms with E-state index in [0.717, 1.165) is 12.1 Å². The van der Waals surface area contributed by atoms with Gasteiger partial charge in [0.2, 0.25) is 9.84 Å². The lowest BCUT2D eigenvalue weighted by Gasteiger charge is -2.24. The predicted molar refractivity (Wildman–Crippen MR) is 124 cm³/mol. The third kappa shape index (κ3) is 5.25. The van der Waals surface area contributed by atoms with Crippen LogP contribution in [-0.2, 0) is 14.6 Å². The molecule has 1 aromatic heterocycles. The highest BCUT2D eigenvalue weighted by atomic mass is 35.5. The van der Waals surface area contributed by atoms with Gasteiger partial charge in [0.15, 0.2) is 11.1 Å². The molecule has 1 fully saturated rings. The van der Waals surface area contributed by atoms with Gasteiger partial charge in [-0.15, -0.1) is 0 Å². The fraction of sp³-hybridized carbons (Fsp3) is 0.273. The summed E-state index contributed by atoms with van der Waals surface area (Å²) in [6, 6.07) is 8.31. The van der Waals surface area contributed by atoms with E-state index in [1.807, 2.05) is 0 Å². The Hall–Kier alpha value is -2.97. The van der Waals surface area contributed by atoms with Gasteiger partial charge >= 0.3 is 12.1 Å². The van der Waals surface area contributed by atoms with E-state index in [1.165, 1.54) is 24.3 Å². The summed E-state index contributed by atoms with van der Waals surface area (Å²) in [5, 5.41) is 24.0. The largest absolute Gasteiger partial charge is 0.478 e. The Bertz CT molecular complexity index is 1430. The summed E-state index contributed by atoms with van der Waals surface area (Å²) >= 11 is 6.10. The van der Waals surface area contributed by atoms with Crippen molar-refractivity contribution in [3.8, 4) is 0 Å². The molecule has 1 saturated heterocycles. The van der Waals surface area contributed by atoms with Crippen LogP contribution in [-0.4, -0.2) is 60.9 Å². The highest BCUT2D eigenvalue weighted by Crippen LogP contribution is 2.36. The number of hydrogen-bond donors (Lipinski definition) is 4. The molecule has 14 heteroatoms. The van der Waals surface area contributed by atoms with Crippen molar-refractivity contribution in [1.29, 1.82) is 0 Å². The van der Waals surface area contributed by atoms with Gasteiger partial charge in [0, 0.05) is 17.0 Å². The molecule has 2 aromatic carbocycles. The van der Waals surface area contributed by atoms with E-state index < -0.39 is 44.6 Å². The van der Waals surface area contributed by atoms with E-state index in [0.29, 0.717) is 24.6 Å². The Morgan fingerprint density at radius 2 is 1.94 bits per heavy atom. The van der Waals surface area contributed by atoms with Crippen LogP contribution in [0.4, 0.5) is 24.5 Å². The summed E-state index contributed by atoms with van der Waals surface area (Å²) in [5.74, 6) is -1.57. The lowest BCUT2D eigenvalue weighted by molar-refractivity contribution is -0.206. The number of carboxylic acids is 1. The first kappa shape index (κ1) is 26.1. The first-order chi connectivity index (χ1) is 16.9. The molecule has 192 valence electrons. The Balaban J connectivity index is 1.83. The van der Waals surface area contributed by atoms with E-state index in [2.05, 4.69) is 15.6 Å². The van der Waals surface area contributed by atoms with Crippen molar-refractivity contribution in [3.05, 3.63) is 58.6 Å². The van der Waals surface area contributed by atoms with Crippen LogP contribution in [0.2, 0.25) is 5.02 Å². The molecule has 0 bridgehead atoms. The SMILES string of the molecule is O=C(O)c1cc(C(O)C(F)(F)F)ccc1Nc1cc(S(=O)(=O)C2COCCN2)nc2ccc(Cl)cc12. The van der Waals surface area contributed by atoms with Gasteiger partial charge in [0.05, 0.1) is 35.7 Å². The molecule has 0 saturated carbocycles. The minimum Gasteiger partial charge on any atom is -0.478 e. The molecule has 1 aliphatic rings. The van der Waals surface area contributed by atoms with Crippen molar-refractivity contribution in [2.45, 2.75) is 22.7 Å². The van der Waals surface area contributed by atoms with Crippen LogP contribution in [0.5, 0.6) is 0 Å². The number of morpholine rings is 1. The molecule has 3 aromatic rings. The molecule has 2 atom stereocenters. The second-order valence-electron chi connectivity index (χ2n) is 7.91. The van der Waals surface area contributed by atoms with Crippen molar-refractivity contribution < 1.29 is 41.3 Å². The number of benzene rings is 2. The Labute approximate surface area is 207 Å². The number of carbonyl (C=O) groups is 1. The van der Waals surface area contributed by atoms with Gasteiger partial charge in [-0.1, -0.05) is 17.7 Å². The van der Waals surface area contributed by atoms with Crippen LogP contribution < -0.4 is 10.6 Å². The molecule has 2 heterocycles. The van der Waals surface area contributed by atoms with Crippen LogP contribution in [0.25, 0.3) is 10.9 Å². The van der Waals surface area contributed by atoms with Crippen LogP contribution in [0.15, 0.2) is 47.5 Å².